The van der Waals surface area contributed by atoms with Crippen LogP contribution in [-0.4, -0.2) is 25.5 Å². The minimum Gasteiger partial charge on any atom is -0.352 e. The lowest BCUT2D eigenvalue weighted by Crippen LogP contribution is -2.41. The highest BCUT2D eigenvalue weighted by Crippen LogP contribution is 2.28. The van der Waals surface area contributed by atoms with Gasteiger partial charge in [-0.2, -0.15) is 0 Å². The van der Waals surface area contributed by atoms with Crippen LogP contribution in [-0.2, 0) is 0 Å². The fourth-order valence-electron chi connectivity index (χ4n) is 3.34. The Hall–Kier alpha value is -1.91. The maximum absolute atomic E-state index is 14.4. The number of hydrogen-bond acceptors (Lipinski definition) is 2. The molecule has 132 valence electrons. The Morgan fingerprint density at radius 2 is 2.12 bits per heavy atom. The molecule has 1 aliphatic heterocycles. The summed E-state index contributed by atoms with van der Waals surface area (Å²) in [4.78, 5) is 12.7. The predicted octanol–water partition coefficient (Wildman–Crippen LogP) is 4.12. The van der Waals surface area contributed by atoms with Gasteiger partial charge < -0.3 is 10.6 Å². The van der Waals surface area contributed by atoms with E-state index in [1.807, 2.05) is 6.07 Å². The molecule has 1 fully saturated rings. The Balaban J connectivity index is 1.82. The average molecular weight is 361 g/mol. The van der Waals surface area contributed by atoms with Crippen LogP contribution in [0.4, 0.5) is 4.39 Å². The minimum atomic E-state index is -0.520. The van der Waals surface area contributed by atoms with E-state index in [0.29, 0.717) is 29.0 Å². The van der Waals surface area contributed by atoms with E-state index < -0.39 is 5.82 Å². The molecule has 0 unspecified atom stereocenters. The lowest BCUT2D eigenvalue weighted by atomic mass is 9.88. The highest BCUT2D eigenvalue weighted by atomic mass is 35.5. The fraction of sp³-hybridized carbons (Fsp3) is 0.350. The Bertz CT molecular complexity index is 765. The van der Waals surface area contributed by atoms with Gasteiger partial charge in [-0.05, 0) is 60.7 Å². The molecule has 0 aliphatic carbocycles. The van der Waals surface area contributed by atoms with E-state index in [0.717, 1.165) is 25.1 Å². The zero-order chi connectivity index (χ0) is 17.8. The number of halogens is 2. The molecule has 0 spiro atoms. The number of benzene rings is 2. The number of rotatable bonds is 4. The number of hydrogen-bond donors (Lipinski definition) is 2. The van der Waals surface area contributed by atoms with Crippen LogP contribution < -0.4 is 10.6 Å². The third-order valence-corrected chi connectivity index (χ3v) is 5.10. The van der Waals surface area contributed by atoms with Crippen molar-refractivity contribution in [3.05, 3.63) is 58.9 Å². The first-order valence-corrected chi connectivity index (χ1v) is 8.97. The summed E-state index contributed by atoms with van der Waals surface area (Å²) in [5, 5.41) is 6.82. The van der Waals surface area contributed by atoms with Crippen molar-refractivity contribution in [3.8, 4) is 11.1 Å². The van der Waals surface area contributed by atoms with Crippen molar-refractivity contribution in [2.24, 2.45) is 11.8 Å². The molecule has 0 radical (unpaired) electrons. The van der Waals surface area contributed by atoms with E-state index in [4.69, 9.17) is 11.6 Å². The number of carbonyl (C=O) groups is 1. The SMILES string of the molecule is C[C@H]1CNCC[C@H]1CNC(=O)c1c(F)cccc1-c1cccc(Cl)c1. The van der Waals surface area contributed by atoms with Crippen LogP contribution in [0.5, 0.6) is 0 Å². The quantitative estimate of drug-likeness (QED) is 0.861. The summed E-state index contributed by atoms with van der Waals surface area (Å²) >= 11 is 6.04. The maximum atomic E-state index is 14.4. The first-order valence-electron chi connectivity index (χ1n) is 8.59. The average Bonchev–Trinajstić information content (AvgIpc) is 2.60. The molecule has 5 heteroatoms. The Morgan fingerprint density at radius 3 is 2.88 bits per heavy atom. The lowest BCUT2D eigenvalue weighted by Gasteiger charge is -2.29. The molecule has 3 rings (SSSR count). The second-order valence-corrected chi connectivity index (χ2v) is 7.05. The highest BCUT2D eigenvalue weighted by molar-refractivity contribution is 6.30. The van der Waals surface area contributed by atoms with Crippen molar-refractivity contribution in [2.75, 3.05) is 19.6 Å². The molecule has 1 saturated heterocycles. The summed E-state index contributed by atoms with van der Waals surface area (Å²) in [6.07, 6.45) is 1.01. The normalized spacial score (nSPS) is 20.3. The van der Waals surface area contributed by atoms with Gasteiger partial charge in [-0.25, -0.2) is 4.39 Å². The van der Waals surface area contributed by atoms with Gasteiger partial charge in [0.1, 0.15) is 5.82 Å². The molecule has 2 atom stereocenters. The Labute approximate surface area is 152 Å². The number of carbonyl (C=O) groups excluding carboxylic acids is 1. The first kappa shape index (κ1) is 17.9. The van der Waals surface area contributed by atoms with Gasteiger partial charge in [0.15, 0.2) is 0 Å². The molecule has 1 amide bonds. The van der Waals surface area contributed by atoms with E-state index in [-0.39, 0.29) is 11.5 Å². The molecule has 2 aromatic rings. The third kappa shape index (κ3) is 4.20. The maximum Gasteiger partial charge on any atom is 0.254 e. The summed E-state index contributed by atoms with van der Waals surface area (Å²) in [5.74, 6) is 0.000747. The van der Waals surface area contributed by atoms with Crippen molar-refractivity contribution < 1.29 is 9.18 Å². The molecule has 0 saturated carbocycles. The van der Waals surface area contributed by atoms with E-state index in [2.05, 4.69) is 17.6 Å². The Morgan fingerprint density at radius 1 is 1.32 bits per heavy atom. The predicted molar refractivity (Wildman–Crippen MR) is 99.3 cm³/mol. The van der Waals surface area contributed by atoms with Gasteiger partial charge in [-0.15, -0.1) is 0 Å². The molecule has 2 N–H and O–H groups in total. The molecule has 0 aromatic heterocycles. The van der Waals surface area contributed by atoms with Crippen LogP contribution in [0.1, 0.15) is 23.7 Å². The van der Waals surface area contributed by atoms with Crippen molar-refractivity contribution in [1.82, 2.24) is 10.6 Å². The zero-order valence-corrected chi connectivity index (χ0v) is 14.9. The van der Waals surface area contributed by atoms with Gasteiger partial charge in [0.25, 0.3) is 5.91 Å². The minimum absolute atomic E-state index is 0.0753. The van der Waals surface area contributed by atoms with Crippen LogP contribution in [0.3, 0.4) is 0 Å². The monoisotopic (exact) mass is 360 g/mol. The van der Waals surface area contributed by atoms with Crippen molar-refractivity contribution in [3.63, 3.8) is 0 Å². The summed E-state index contributed by atoms with van der Waals surface area (Å²) in [6.45, 7) is 4.64. The number of amides is 1. The molecule has 3 nitrogen and oxygen atoms in total. The topological polar surface area (TPSA) is 41.1 Å². The second-order valence-electron chi connectivity index (χ2n) is 6.61. The lowest BCUT2D eigenvalue weighted by molar-refractivity contribution is 0.0935. The third-order valence-electron chi connectivity index (χ3n) is 4.86. The molecule has 1 heterocycles. The van der Waals surface area contributed by atoms with E-state index >= 15 is 0 Å². The molecule has 25 heavy (non-hydrogen) atoms. The van der Waals surface area contributed by atoms with Gasteiger partial charge >= 0.3 is 0 Å². The van der Waals surface area contributed by atoms with Gasteiger partial charge in [0.2, 0.25) is 0 Å². The molecule has 0 bridgehead atoms. The van der Waals surface area contributed by atoms with E-state index in [1.165, 1.54) is 6.07 Å². The van der Waals surface area contributed by atoms with E-state index in [1.54, 1.807) is 30.3 Å². The first-order chi connectivity index (χ1) is 12.1. The Kier molecular flexibility index (Phi) is 5.71. The highest BCUT2D eigenvalue weighted by Gasteiger charge is 2.23. The summed E-state index contributed by atoms with van der Waals surface area (Å²) in [6, 6.07) is 11.8. The number of piperidine rings is 1. The summed E-state index contributed by atoms with van der Waals surface area (Å²) < 4.78 is 14.4. The van der Waals surface area contributed by atoms with Crippen molar-refractivity contribution in [1.29, 1.82) is 0 Å². The van der Waals surface area contributed by atoms with Crippen LogP contribution in [0.25, 0.3) is 11.1 Å². The molecular weight excluding hydrogens is 339 g/mol. The van der Waals surface area contributed by atoms with Gasteiger partial charge in [0, 0.05) is 11.6 Å². The van der Waals surface area contributed by atoms with Crippen LogP contribution in [0, 0.1) is 17.7 Å². The van der Waals surface area contributed by atoms with Gasteiger partial charge in [-0.3, -0.25) is 4.79 Å². The standard InChI is InChI=1S/C20H22ClFN2O/c1-13-11-23-9-8-15(13)12-24-20(25)19-17(6-3-7-18(19)22)14-4-2-5-16(21)10-14/h2-7,10,13,15,23H,8-9,11-12H2,1H3,(H,24,25)/t13-,15-/m0/s1. The zero-order valence-electron chi connectivity index (χ0n) is 14.2. The van der Waals surface area contributed by atoms with Crippen LogP contribution in [0.15, 0.2) is 42.5 Å². The smallest absolute Gasteiger partial charge is 0.254 e. The van der Waals surface area contributed by atoms with Crippen LogP contribution in [0.2, 0.25) is 5.02 Å². The van der Waals surface area contributed by atoms with Gasteiger partial charge in [-0.1, -0.05) is 42.8 Å². The summed E-state index contributed by atoms with van der Waals surface area (Å²) in [5.41, 5.74) is 1.36. The largest absolute Gasteiger partial charge is 0.352 e. The van der Waals surface area contributed by atoms with Crippen molar-refractivity contribution >= 4 is 17.5 Å². The fourth-order valence-corrected chi connectivity index (χ4v) is 3.53. The van der Waals surface area contributed by atoms with E-state index in [9.17, 15) is 9.18 Å². The molecular formula is C20H22ClFN2O. The second kappa shape index (κ2) is 7.98. The number of nitrogens with one attached hydrogen (secondary N) is 2. The summed E-state index contributed by atoms with van der Waals surface area (Å²) in [7, 11) is 0. The molecule has 1 aliphatic rings. The molecule has 2 aromatic carbocycles. The van der Waals surface area contributed by atoms with Crippen molar-refractivity contribution in [2.45, 2.75) is 13.3 Å². The van der Waals surface area contributed by atoms with Crippen LogP contribution >= 0.6 is 11.6 Å². The van der Waals surface area contributed by atoms with Gasteiger partial charge in [0.05, 0.1) is 5.56 Å².